The molecule has 156 valence electrons. The van der Waals surface area contributed by atoms with Crippen molar-refractivity contribution in [1.82, 2.24) is 10.3 Å². The first-order valence-electron chi connectivity index (χ1n) is 8.99. The molecule has 0 unspecified atom stereocenters. The van der Waals surface area contributed by atoms with E-state index in [1.807, 2.05) is 0 Å². The zero-order valence-corrected chi connectivity index (χ0v) is 17.7. The van der Waals surface area contributed by atoms with Gasteiger partial charge in [-0.15, -0.1) is 0 Å². The number of urea groups is 1. The smallest absolute Gasteiger partial charge is 0.319 e. The SMILES string of the molecule is O=C(NCC1(CNc2c(Cl)cncc2Cl)CCOCC1)Nc1ccc(F)c(Cl)c1. The van der Waals surface area contributed by atoms with Crippen molar-refractivity contribution < 1.29 is 13.9 Å². The number of amides is 2. The maximum absolute atomic E-state index is 13.3. The van der Waals surface area contributed by atoms with Gasteiger partial charge in [0.1, 0.15) is 5.82 Å². The molecule has 2 amide bonds. The van der Waals surface area contributed by atoms with Crippen LogP contribution in [-0.2, 0) is 4.74 Å². The van der Waals surface area contributed by atoms with Crippen LogP contribution < -0.4 is 16.0 Å². The number of aromatic nitrogens is 1. The predicted molar refractivity (Wildman–Crippen MR) is 114 cm³/mol. The molecule has 1 fully saturated rings. The lowest BCUT2D eigenvalue weighted by Crippen LogP contribution is -2.46. The van der Waals surface area contributed by atoms with Crippen LogP contribution in [0.4, 0.5) is 20.6 Å². The van der Waals surface area contributed by atoms with Gasteiger partial charge in [-0.1, -0.05) is 34.8 Å². The Morgan fingerprint density at radius 2 is 1.79 bits per heavy atom. The van der Waals surface area contributed by atoms with E-state index in [0.717, 1.165) is 12.8 Å². The molecule has 0 aliphatic carbocycles. The normalized spacial score (nSPS) is 15.6. The Morgan fingerprint density at radius 1 is 1.10 bits per heavy atom. The average Bonchev–Trinajstić information content (AvgIpc) is 2.70. The zero-order chi connectivity index (χ0) is 20.9. The molecule has 1 aromatic carbocycles. The third-order valence-electron chi connectivity index (χ3n) is 4.85. The highest BCUT2D eigenvalue weighted by Crippen LogP contribution is 2.34. The van der Waals surface area contributed by atoms with Gasteiger partial charge >= 0.3 is 6.03 Å². The number of benzene rings is 1. The van der Waals surface area contributed by atoms with Crippen molar-refractivity contribution in [2.75, 3.05) is 36.9 Å². The summed E-state index contributed by atoms with van der Waals surface area (Å²) in [7, 11) is 0. The minimum Gasteiger partial charge on any atom is -0.382 e. The molecular formula is C19H20Cl3FN4O2. The van der Waals surface area contributed by atoms with E-state index < -0.39 is 11.8 Å². The average molecular weight is 462 g/mol. The number of carbonyl (C=O) groups excluding carboxylic acids is 1. The predicted octanol–water partition coefficient (Wildman–Crippen LogP) is 5.21. The van der Waals surface area contributed by atoms with E-state index in [0.29, 0.717) is 47.7 Å². The molecule has 6 nitrogen and oxygen atoms in total. The Labute approximate surface area is 183 Å². The van der Waals surface area contributed by atoms with Gasteiger partial charge < -0.3 is 20.7 Å². The van der Waals surface area contributed by atoms with Crippen molar-refractivity contribution in [1.29, 1.82) is 0 Å². The lowest BCUT2D eigenvalue weighted by atomic mass is 9.80. The number of hydrogen-bond donors (Lipinski definition) is 3. The van der Waals surface area contributed by atoms with Gasteiger partial charge in [0.25, 0.3) is 0 Å². The number of pyridine rings is 1. The van der Waals surface area contributed by atoms with Crippen LogP contribution in [0.1, 0.15) is 12.8 Å². The second-order valence-corrected chi connectivity index (χ2v) is 8.10. The summed E-state index contributed by atoms with van der Waals surface area (Å²) in [5, 5.41) is 9.63. The Balaban J connectivity index is 1.62. The number of ether oxygens (including phenoxy) is 1. The molecular weight excluding hydrogens is 442 g/mol. The summed E-state index contributed by atoms with van der Waals surface area (Å²) in [6, 6.07) is 3.60. The standard InChI is InChI=1S/C19H20Cl3FN4O2/c20-13-7-12(1-2-16(13)23)27-18(28)26-11-19(3-5-29-6-4-19)10-25-17-14(21)8-24-9-15(17)22/h1-2,7-9H,3-6,10-11H2,(H,24,25)(H2,26,27,28). The van der Waals surface area contributed by atoms with E-state index in [9.17, 15) is 9.18 Å². The fourth-order valence-electron chi connectivity index (χ4n) is 3.09. The first-order valence-corrected chi connectivity index (χ1v) is 10.1. The summed E-state index contributed by atoms with van der Waals surface area (Å²) in [5.74, 6) is -0.543. The van der Waals surface area contributed by atoms with Gasteiger partial charge in [0.2, 0.25) is 0 Å². The summed E-state index contributed by atoms with van der Waals surface area (Å²) < 4.78 is 18.7. The van der Waals surface area contributed by atoms with Crippen LogP contribution in [-0.4, -0.2) is 37.3 Å². The monoisotopic (exact) mass is 460 g/mol. The van der Waals surface area contributed by atoms with Crippen LogP contribution in [0.25, 0.3) is 0 Å². The second kappa shape index (κ2) is 9.80. The van der Waals surface area contributed by atoms with E-state index in [1.165, 1.54) is 30.6 Å². The van der Waals surface area contributed by atoms with Crippen LogP contribution in [0, 0.1) is 11.2 Å². The Morgan fingerprint density at radius 3 is 2.45 bits per heavy atom. The maximum Gasteiger partial charge on any atom is 0.319 e. The van der Waals surface area contributed by atoms with Gasteiger partial charge in [0.05, 0.1) is 20.8 Å². The van der Waals surface area contributed by atoms with Crippen LogP contribution >= 0.6 is 34.8 Å². The number of carbonyl (C=O) groups is 1. The molecule has 2 heterocycles. The number of hydrogen-bond acceptors (Lipinski definition) is 4. The molecule has 1 aliphatic heterocycles. The van der Waals surface area contributed by atoms with Crippen molar-refractivity contribution in [2.24, 2.45) is 5.41 Å². The molecule has 3 N–H and O–H groups in total. The van der Waals surface area contributed by atoms with Gasteiger partial charge in [-0.2, -0.15) is 0 Å². The minimum absolute atomic E-state index is 0.0565. The van der Waals surface area contributed by atoms with Crippen molar-refractivity contribution in [3.8, 4) is 0 Å². The minimum atomic E-state index is -0.543. The molecule has 0 saturated carbocycles. The number of nitrogens with one attached hydrogen (secondary N) is 3. The summed E-state index contributed by atoms with van der Waals surface area (Å²) in [6.45, 7) is 2.14. The van der Waals surface area contributed by atoms with E-state index in [2.05, 4.69) is 20.9 Å². The van der Waals surface area contributed by atoms with Gasteiger partial charge in [0, 0.05) is 49.8 Å². The molecule has 0 atom stereocenters. The number of halogens is 4. The van der Waals surface area contributed by atoms with Gasteiger partial charge in [-0.05, 0) is 31.0 Å². The molecule has 0 bridgehead atoms. The molecule has 2 aromatic rings. The van der Waals surface area contributed by atoms with Crippen LogP contribution in [0.15, 0.2) is 30.6 Å². The van der Waals surface area contributed by atoms with Gasteiger partial charge in [-0.25, -0.2) is 9.18 Å². The van der Waals surface area contributed by atoms with Crippen molar-refractivity contribution in [3.05, 3.63) is 51.5 Å². The fraction of sp³-hybridized carbons (Fsp3) is 0.368. The Kier molecular flexibility index (Phi) is 7.40. The largest absolute Gasteiger partial charge is 0.382 e. The Bertz CT molecular complexity index is 858. The van der Waals surface area contributed by atoms with E-state index >= 15 is 0 Å². The molecule has 10 heteroatoms. The molecule has 0 spiro atoms. The van der Waals surface area contributed by atoms with Crippen LogP contribution in [0.5, 0.6) is 0 Å². The van der Waals surface area contributed by atoms with Crippen molar-refractivity contribution in [3.63, 3.8) is 0 Å². The second-order valence-electron chi connectivity index (χ2n) is 6.88. The van der Waals surface area contributed by atoms with E-state index in [-0.39, 0.29) is 10.4 Å². The molecule has 3 rings (SSSR count). The summed E-state index contributed by atoms with van der Waals surface area (Å²) in [6.07, 6.45) is 4.55. The maximum atomic E-state index is 13.3. The number of nitrogens with zero attached hydrogens (tertiary/aromatic N) is 1. The summed E-state index contributed by atoms with van der Waals surface area (Å²) in [4.78, 5) is 16.3. The van der Waals surface area contributed by atoms with Crippen molar-refractivity contribution >= 4 is 52.2 Å². The molecule has 1 aromatic heterocycles. The number of anilines is 2. The van der Waals surface area contributed by atoms with Gasteiger partial charge in [0.15, 0.2) is 0 Å². The summed E-state index contributed by atoms with van der Waals surface area (Å²) in [5.41, 5.74) is 0.773. The van der Waals surface area contributed by atoms with Crippen LogP contribution in [0.2, 0.25) is 15.1 Å². The fourth-order valence-corrected chi connectivity index (χ4v) is 3.77. The first kappa shape index (κ1) is 21.9. The third kappa shape index (κ3) is 5.85. The highest BCUT2D eigenvalue weighted by molar-refractivity contribution is 6.38. The topological polar surface area (TPSA) is 75.3 Å². The Hall–Kier alpha value is -1.80. The third-order valence-corrected chi connectivity index (χ3v) is 5.71. The zero-order valence-electron chi connectivity index (χ0n) is 15.4. The quantitative estimate of drug-likeness (QED) is 0.552. The van der Waals surface area contributed by atoms with Gasteiger partial charge in [-0.3, -0.25) is 4.98 Å². The lowest BCUT2D eigenvalue weighted by molar-refractivity contribution is 0.0226. The van der Waals surface area contributed by atoms with Crippen LogP contribution in [0.3, 0.4) is 0 Å². The molecule has 29 heavy (non-hydrogen) atoms. The van der Waals surface area contributed by atoms with Crippen molar-refractivity contribution in [2.45, 2.75) is 12.8 Å². The highest BCUT2D eigenvalue weighted by Gasteiger charge is 2.33. The molecule has 0 radical (unpaired) electrons. The molecule has 1 saturated heterocycles. The first-order chi connectivity index (χ1) is 13.9. The lowest BCUT2D eigenvalue weighted by Gasteiger charge is -2.37. The van der Waals surface area contributed by atoms with E-state index in [4.69, 9.17) is 39.5 Å². The molecule has 1 aliphatic rings. The highest BCUT2D eigenvalue weighted by atomic mass is 35.5. The summed E-state index contributed by atoms with van der Waals surface area (Å²) >= 11 is 18.1. The number of rotatable bonds is 6. The van der Waals surface area contributed by atoms with E-state index in [1.54, 1.807) is 0 Å².